The Balaban J connectivity index is 2.93. The molecule has 2 nitrogen and oxygen atoms in total. The van der Waals surface area contributed by atoms with E-state index in [1.807, 2.05) is 0 Å². The van der Waals surface area contributed by atoms with Crippen molar-refractivity contribution in [2.75, 3.05) is 31.2 Å². The van der Waals surface area contributed by atoms with Gasteiger partial charge in [-0.3, -0.25) is 0 Å². The van der Waals surface area contributed by atoms with E-state index in [-0.39, 0.29) is 6.61 Å². The summed E-state index contributed by atoms with van der Waals surface area (Å²) in [6.07, 6.45) is 21.4. The van der Waals surface area contributed by atoms with Gasteiger partial charge < -0.3 is 10.4 Å². The van der Waals surface area contributed by atoms with Crippen LogP contribution in [0.3, 0.4) is 0 Å². The molecular weight excluding hydrogens is 314 g/mol. The maximum absolute atomic E-state index is 8.65. The maximum atomic E-state index is 8.65. The van der Waals surface area contributed by atoms with Crippen molar-refractivity contribution in [2.45, 2.75) is 103 Å². The molecule has 0 aromatic heterocycles. The minimum Gasteiger partial charge on any atom is -0.395 e. The van der Waals surface area contributed by atoms with Gasteiger partial charge in [0, 0.05) is 6.54 Å². The molecule has 24 heavy (non-hydrogen) atoms. The number of nitrogens with one attached hydrogen (secondary N) is 1. The molecule has 0 aliphatic carbocycles. The van der Waals surface area contributed by atoms with Gasteiger partial charge in [0.15, 0.2) is 0 Å². The number of hydrogen-bond acceptors (Lipinski definition) is 3. The first-order chi connectivity index (χ1) is 11.9. The Bertz CT molecular complexity index is 192. The van der Waals surface area contributed by atoms with Crippen LogP contribution in [0.4, 0.5) is 0 Å². The zero-order valence-corrected chi connectivity index (χ0v) is 17.3. The Kier molecular flexibility index (Phi) is 23.5. The highest BCUT2D eigenvalue weighted by Gasteiger charge is 1.95. The van der Waals surface area contributed by atoms with E-state index in [4.69, 9.17) is 5.11 Å². The predicted octanol–water partition coefficient (Wildman–Crippen LogP) is 6.17. The first kappa shape index (κ1) is 24.3. The highest BCUT2D eigenvalue weighted by Crippen LogP contribution is 2.14. The molecule has 0 aromatic rings. The third kappa shape index (κ3) is 22.3. The molecule has 0 spiro atoms. The molecule has 0 saturated carbocycles. The van der Waals surface area contributed by atoms with Gasteiger partial charge in [-0.1, -0.05) is 90.4 Å². The van der Waals surface area contributed by atoms with Crippen LogP contribution in [0.15, 0.2) is 0 Å². The van der Waals surface area contributed by atoms with Crippen LogP contribution in [-0.2, 0) is 0 Å². The maximum Gasteiger partial charge on any atom is 0.0555 e. The zero-order valence-electron chi connectivity index (χ0n) is 16.5. The summed E-state index contributed by atoms with van der Waals surface area (Å²) in [7, 11) is 0. The van der Waals surface area contributed by atoms with Crippen molar-refractivity contribution < 1.29 is 5.11 Å². The van der Waals surface area contributed by atoms with Crippen LogP contribution >= 0.6 is 11.8 Å². The highest BCUT2D eigenvalue weighted by molar-refractivity contribution is 7.99. The van der Waals surface area contributed by atoms with E-state index in [0.717, 1.165) is 13.1 Å². The molecule has 146 valence electrons. The van der Waals surface area contributed by atoms with Crippen molar-refractivity contribution >= 4 is 11.8 Å². The smallest absolute Gasteiger partial charge is 0.0555 e. The molecule has 0 aliphatic heterocycles. The Morgan fingerprint density at radius 2 is 1.04 bits per heavy atom. The fraction of sp³-hybridized carbons (Fsp3) is 1.00. The minimum atomic E-state index is 0.256. The summed E-state index contributed by atoms with van der Waals surface area (Å²) in [6, 6.07) is 0. The van der Waals surface area contributed by atoms with Crippen LogP contribution in [0.2, 0.25) is 0 Å². The SMILES string of the molecule is CCCCCCCCCCCCCCCCSCCCNCCO. The van der Waals surface area contributed by atoms with Crippen LogP contribution in [0, 0.1) is 0 Å². The molecule has 3 heteroatoms. The van der Waals surface area contributed by atoms with E-state index < -0.39 is 0 Å². The second-order valence-corrected chi connectivity index (χ2v) is 8.26. The fourth-order valence-electron chi connectivity index (χ4n) is 3.00. The van der Waals surface area contributed by atoms with Gasteiger partial charge >= 0.3 is 0 Å². The molecule has 0 rings (SSSR count). The summed E-state index contributed by atoms with van der Waals surface area (Å²) in [5.74, 6) is 2.59. The summed E-state index contributed by atoms with van der Waals surface area (Å²) < 4.78 is 0. The molecular formula is C21H45NOS. The van der Waals surface area contributed by atoms with Gasteiger partial charge in [0.2, 0.25) is 0 Å². The van der Waals surface area contributed by atoms with Crippen LogP contribution in [-0.4, -0.2) is 36.3 Å². The second kappa shape index (κ2) is 23.3. The van der Waals surface area contributed by atoms with Crippen LogP contribution in [0.1, 0.15) is 103 Å². The van der Waals surface area contributed by atoms with E-state index in [1.165, 1.54) is 108 Å². The van der Waals surface area contributed by atoms with Crippen molar-refractivity contribution in [2.24, 2.45) is 0 Å². The van der Waals surface area contributed by atoms with Gasteiger partial charge in [-0.2, -0.15) is 11.8 Å². The van der Waals surface area contributed by atoms with E-state index in [1.54, 1.807) is 0 Å². The Morgan fingerprint density at radius 3 is 1.54 bits per heavy atom. The topological polar surface area (TPSA) is 32.3 Å². The van der Waals surface area contributed by atoms with Gasteiger partial charge in [0.1, 0.15) is 0 Å². The summed E-state index contributed by atoms with van der Waals surface area (Å²) in [5.41, 5.74) is 0. The number of aliphatic hydroxyl groups is 1. The number of rotatable bonds is 21. The third-order valence-electron chi connectivity index (χ3n) is 4.57. The predicted molar refractivity (Wildman–Crippen MR) is 112 cm³/mol. The van der Waals surface area contributed by atoms with Gasteiger partial charge in [-0.05, 0) is 30.9 Å². The number of aliphatic hydroxyl groups excluding tert-OH is 1. The van der Waals surface area contributed by atoms with Crippen LogP contribution < -0.4 is 5.32 Å². The standard InChI is InChI=1S/C21H45NOS/c1-2-3-4-5-6-7-8-9-10-11-12-13-14-15-20-24-21-16-17-22-18-19-23/h22-23H,2-21H2,1H3. The van der Waals surface area contributed by atoms with Crippen molar-refractivity contribution in [3.05, 3.63) is 0 Å². The average Bonchev–Trinajstić information content (AvgIpc) is 2.60. The summed E-state index contributed by atoms with van der Waals surface area (Å²) in [4.78, 5) is 0. The molecule has 2 N–H and O–H groups in total. The molecule has 0 saturated heterocycles. The van der Waals surface area contributed by atoms with Crippen LogP contribution in [0.5, 0.6) is 0 Å². The van der Waals surface area contributed by atoms with Gasteiger partial charge in [0.25, 0.3) is 0 Å². The van der Waals surface area contributed by atoms with Gasteiger partial charge in [-0.25, -0.2) is 0 Å². The monoisotopic (exact) mass is 359 g/mol. The first-order valence-corrected chi connectivity index (χ1v) is 12.0. The average molecular weight is 360 g/mol. The quantitative estimate of drug-likeness (QED) is 0.240. The first-order valence-electron chi connectivity index (χ1n) is 10.8. The lowest BCUT2D eigenvalue weighted by Gasteiger charge is -2.04. The van der Waals surface area contributed by atoms with Gasteiger partial charge in [-0.15, -0.1) is 0 Å². The Hall–Kier alpha value is 0.270. The van der Waals surface area contributed by atoms with Crippen molar-refractivity contribution in [3.8, 4) is 0 Å². The van der Waals surface area contributed by atoms with E-state index in [9.17, 15) is 0 Å². The lowest BCUT2D eigenvalue weighted by atomic mass is 10.0. The summed E-state index contributed by atoms with van der Waals surface area (Å²) in [5, 5.41) is 11.9. The summed E-state index contributed by atoms with van der Waals surface area (Å²) >= 11 is 2.09. The molecule has 0 fully saturated rings. The molecule has 0 amide bonds. The molecule has 0 bridgehead atoms. The third-order valence-corrected chi connectivity index (χ3v) is 5.73. The molecule has 0 aromatic carbocycles. The summed E-state index contributed by atoms with van der Waals surface area (Å²) in [6.45, 7) is 4.33. The number of unbranched alkanes of at least 4 members (excludes halogenated alkanes) is 13. The van der Waals surface area contributed by atoms with E-state index in [2.05, 4.69) is 24.0 Å². The minimum absolute atomic E-state index is 0.256. The van der Waals surface area contributed by atoms with Crippen molar-refractivity contribution in [3.63, 3.8) is 0 Å². The van der Waals surface area contributed by atoms with Crippen molar-refractivity contribution in [1.29, 1.82) is 0 Å². The lowest BCUT2D eigenvalue weighted by Crippen LogP contribution is -2.19. The molecule has 0 aliphatic rings. The molecule has 0 unspecified atom stereocenters. The lowest BCUT2D eigenvalue weighted by molar-refractivity contribution is 0.292. The van der Waals surface area contributed by atoms with Crippen molar-refractivity contribution in [1.82, 2.24) is 5.32 Å². The van der Waals surface area contributed by atoms with E-state index in [0.29, 0.717) is 0 Å². The number of thioether (sulfide) groups is 1. The van der Waals surface area contributed by atoms with Crippen LogP contribution in [0.25, 0.3) is 0 Å². The highest BCUT2D eigenvalue weighted by atomic mass is 32.2. The largest absolute Gasteiger partial charge is 0.395 e. The molecule has 0 radical (unpaired) electrons. The fourth-order valence-corrected chi connectivity index (χ4v) is 3.96. The Labute approximate surface area is 157 Å². The van der Waals surface area contributed by atoms with E-state index >= 15 is 0 Å². The van der Waals surface area contributed by atoms with Gasteiger partial charge in [0.05, 0.1) is 6.61 Å². The molecule has 0 atom stereocenters. The normalized spacial score (nSPS) is 11.2. The Morgan fingerprint density at radius 1 is 0.583 bits per heavy atom. The molecule has 0 heterocycles. The number of hydrogen-bond donors (Lipinski definition) is 2. The zero-order chi connectivity index (χ0) is 17.6. The second-order valence-electron chi connectivity index (χ2n) is 7.04.